The van der Waals surface area contributed by atoms with E-state index in [1.807, 2.05) is 25.2 Å². The van der Waals surface area contributed by atoms with Gasteiger partial charge in [-0.1, -0.05) is 30.3 Å². The highest BCUT2D eigenvalue weighted by Gasteiger charge is 2.35. The molecular weight excluding hydrogens is 435 g/mol. The maximum atomic E-state index is 13.6. The minimum absolute atomic E-state index is 0.0851. The van der Waals surface area contributed by atoms with E-state index in [4.69, 9.17) is 0 Å². The van der Waals surface area contributed by atoms with Gasteiger partial charge in [0.05, 0.1) is 11.3 Å². The molecule has 4 rings (SSSR count). The lowest BCUT2D eigenvalue weighted by Crippen LogP contribution is -2.29. The Morgan fingerprint density at radius 3 is 2.56 bits per heavy atom. The quantitative estimate of drug-likeness (QED) is 0.482. The van der Waals surface area contributed by atoms with E-state index in [0.717, 1.165) is 42.0 Å². The van der Waals surface area contributed by atoms with Gasteiger partial charge in [-0.25, -0.2) is 9.97 Å². The third kappa shape index (κ3) is 4.99. The fourth-order valence-corrected chi connectivity index (χ4v) is 4.34. The van der Waals surface area contributed by atoms with E-state index < -0.39 is 11.7 Å². The predicted molar refractivity (Wildman–Crippen MR) is 123 cm³/mol. The Morgan fingerprint density at radius 2 is 1.84 bits per heavy atom. The van der Waals surface area contributed by atoms with Crippen molar-refractivity contribution >= 4 is 23.6 Å². The number of likely N-dealkylation sites (N-methyl/N-ethyl adjacent to an activating group) is 1. The van der Waals surface area contributed by atoms with E-state index in [9.17, 15) is 13.2 Å². The van der Waals surface area contributed by atoms with Gasteiger partial charge in [-0.05, 0) is 50.2 Å². The van der Waals surface area contributed by atoms with Crippen molar-refractivity contribution in [3.8, 4) is 11.3 Å². The Morgan fingerprint density at radius 1 is 1.03 bits per heavy atom. The number of anilines is 2. The molecule has 0 spiro atoms. The number of pyridine rings is 2. The summed E-state index contributed by atoms with van der Waals surface area (Å²) in [4.78, 5) is 11.2. The Balaban J connectivity index is 1.55. The zero-order chi connectivity index (χ0) is 22.7. The van der Waals surface area contributed by atoms with E-state index in [1.54, 1.807) is 31.2 Å². The highest BCUT2D eigenvalue weighted by molar-refractivity contribution is 8.00. The molecule has 3 aromatic rings. The van der Waals surface area contributed by atoms with Crippen LogP contribution >= 0.6 is 11.9 Å². The average molecular weight is 460 g/mol. The Bertz CT molecular complexity index is 1090. The number of nitrogens with one attached hydrogen (secondary N) is 2. The monoisotopic (exact) mass is 459 g/mol. The van der Waals surface area contributed by atoms with Gasteiger partial charge in [0, 0.05) is 36.6 Å². The minimum Gasteiger partial charge on any atom is -0.355 e. The number of alkyl halides is 3. The minimum atomic E-state index is -4.49. The molecule has 1 aromatic carbocycles. The first-order valence-corrected chi connectivity index (χ1v) is 11.1. The van der Waals surface area contributed by atoms with Crippen molar-refractivity contribution < 1.29 is 13.2 Å². The average Bonchev–Trinajstić information content (AvgIpc) is 3.27. The molecule has 1 aliphatic rings. The molecule has 3 heterocycles. The molecule has 1 aliphatic heterocycles. The van der Waals surface area contributed by atoms with Crippen LogP contribution in [-0.2, 0) is 6.18 Å². The van der Waals surface area contributed by atoms with E-state index >= 15 is 0 Å². The molecule has 168 valence electrons. The van der Waals surface area contributed by atoms with Gasteiger partial charge in [0.2, 0.25) is 0 Å². The predicted octanol–water partition coefficient (Wildman–Crippen LogP) is 5.39. The molecule has 0 amide bonds. The van der Waals surface area contributed by atoms with E-state index in [-0.39, 0.29) is 5.69 Å². The van der Waals surface area contributed by atoms with E-state index in [0.29, 0.717) is 17.4 Å². The van der Waals surface area contributed by atoms with Crippen LogP contribution in [0.25, 0.3) is 11.3 Å². The first-order chi connectivity index (χ1) is 15.3. The van der Waals surface area contributed by atoms with Gasteiger partial charge < -0.3 is 14.9 Å². The number of hydrogen-bond donors (Lipinski definition) is 2. The summed E-state index contributed by atoms with van der Waals surface area (Å²) in [5, 5.41) is 4.00. The van der Waals surface area contributed by atoms with Gasteiger partial charge in [0.1, 0.15) is 16.7 Å². The SMILES string of the molecule is CNC1CCN(c2cccc(SNc3ccc(C(F)(F)F)c(-c4ccccc4C)n3)n2)C1. The molecule has 9 heteroatoms. The van der Waals surface area contributed by atoms with Crippen molar-refractivity contribution in [2.24, 2.45) is 0 Å². The first-order valence-electron chi connectivity index (χ1n) is 10.3. The van der Waals surface area contributed by atoms with Gasteiger partial charge in [0.15, 0.2) is 0 Å². The largest absolute Gasteiger partial charge is 0.418 e. The third-order valence-corrected chi connectivity index (χ3v) is 6.24. The summed E-state index contributed by atoms with van der Waals surface area (Å²) in [5.74, 6) is 1.22. The number of rotatable bonds is 6. The zero-order valence-electron chi connectivity index (χ0n) is 17.8. The molecule has 0 bridgehead atoms. The molecule has 1 atom stereocenters. The van der Waals surface area contributed by atoms with Crippen LogP contribution in [0.3, 0.4) is 0 Å². The van der Waals surface area contributed by atoms with Gasteiger partial charge in [-0.3, -0.25) is 0 Å². The lowest BCUT2D eigenvalue weighted by Gasteiger charge is -2.18. The number of hydrogen-bond acceptors (Lipinski definition) is 6. The van der Waals surface area contributed by atoms with Gasteiger partial charge in [-0.2, -0.15) is 13.2 Å². The standard InChI is InChI=1S/C23H24F3N5S/c1-15-6-3-4-7-17(15)22-18(23(24,25)26)10-11-19(28-22)30-32-21-9-5-8-20(29-21)31-13-12-16(14-31)27-2/h3-11,16,27H,12-14H2,1-2H3,(H,28,30). The summed E-state index contributed by atoms with van der Waals surface area (Å²) in [5.41, 5.74) is 0.352. The van der Waals surface area contributed by atoms with Crippen molar-refractivity contribution in [2.75, 3.05) is 29.8 Å². The summed E-state index contributed by atoms with van der Waals surface area (Å²) in [6.07, 6.45) is -3.43. The lowest BCUT2D eigenvalue weighted by atomic mass is 10.0. The van der Waals surface area contributed by atoms with Gasteiger partial charge in [-0.15, -0.1) is 0 Å². The van der Waals surface area contributed by atoms with Crippen LogP contribution in [0, 0.1) is 6.92 Å². The molecule has 5 nitrogen and oxygen atoms in total. The molecule has 32 heavy (non-hydrogen) atoms. The fraction of sp³-hybridized carbons (Fsp3) is 0.304. The normalized spacial score (nSPS) is 16.4. The van der Waals surface area contributed by atoms with Crippen molar-refractivity contribution in [1.82, 2.24) is 15.3 Å². The zero-order valence-corrected chi connectivity index (χ0v) is 18.6. The molecule has 2 N–H and O–H groups in total. The highest BCUT2D eigenvalue weighted by atomic mass is 32.2. The maximum Gasteiger partial charge on any atom is 0.418 e. The molecule has 2 aromatic heterocycles. The van der Waals surface area contributed by atoms with Crippen LogP contribution < -0.4 is 14.9 Å². The highest BCUT2D eigenvalue weighted by Crippen LogP contribution is 2.38. The van der Waals surface area contributed by atoms with Crippen LogP contribution in [0.15, 0.2) is 59.6 Å². The van der Waals surface area contributed by atoms with Crippen LogP contribution in [0.4, 0.5) is 24.8 Å². The Kier molecular flexibility index (Phi) is 6.57. The number of aromatic nitrogens is 2. The van der Waals surface area contributed by atoms with Gasteiger partial charge in [0.25, 0.3) is 0 Å². The second-order valence-corrected chi connectivity index (χ2v) is 8.49. The molecule has 0 radical (unpaired) electrons. The fourth-order valence-electron chi connectivity index (χ4n) is 3.73. The number of nitrogens with zero attached hydrogens (tertiary/aromatic N) is 3. The third-order valence-electron chi connectivity index (χ3n) is 5.49. The van der Waals surface area contributed by atoms with E-state index in [2.05, 4.69) is 24.9 Å². The Hall–Kier alpha value is -2.78. The second kappa shape index (κ2) is 9.38. The van der Waals surface area contributed by atoms with Crippen molar-refractivity contribution in [1.29, 1.82) is 0 Å². The topological polar surface area (TPSA) is 53.1 Å². The lowest BCUT2D eigenvalue weighted by molar-refractivity contribution is -0.137. The smallest absolute Gasteiger partial charge is 0.355 e. The van der Waals surface area contributed by atoms with Crippen molar-refractivity contribution in [3.63, 3.8) is 0 Å². The number of benzene rings is 1. The summed E-state index contributed by atoms with van der Waals surface area (Å²) in [6, 6.07) is 15.6. The van der Waals surface area contributed by atoms with Crippen LogP contribution in [0.1, 0.15) is 17.5 Å². The molecule has 1 fully saturated rings. The summed E-state index contributed by atoms with van der Waals surface area (Å²) in [6.45, 7) is 3.60. The maximum absolute atomic E-state index is 13.6. The van der Waals surface area contributed by atoms with Crippen molar-refractivity contribution in [2.45, 2.75) is 30.6 Å². The number of halogens is 3. The van der Waals surface area contributed by atoms with Gasteiger partial charge >= 0.3 is 6.18 Å². The molecular formula is C23H24F3N5S. The molecule has 0 aliphatic carbocycles. The van der Waals surface area contributed by atoms with Crippen LogP contribution in [0.5, 0.6) is 0 Å². The van der Waals surface area contributed by atoms with Crippen LogP contribution in [0.2, 0.25) is 0 Å². The summed E-state index contributed by atoms with van der Waals surface area (Å²) >= 11 is 1.23. The number of aryl methyl sites for hydroxylation is 1. The second-order valence-electron chi connectivity index (χ2n) is 7.66. The summed E-state index contributed by atoms with van der Waals surface area (Å²) in [7, 11) is 1.96. The molecule has 1 unspecified atom stereocenters. The Labute approximate surface area is 189 Å². The molecule has 1 saturated heterocycles. The van der Waals surface area contributed by atoms with Crippen molar-refractivity contribution in [3.05, 3.63) is 65.7 Å². The first kappa shape index (κ1) is 22.4. The van der Waals surface area contributed by atoms with Crippen LogP contribution in [-0.4, -0.2) is 36.1 Å². The summed E-state index contributed by atoms with van der Waals surface area (Å²) < 4.78 is 43.9. The van der Waals surface area contributed by atoms with E-state index in [1.165, 1.54) is 18.0 Å². The molecule has 0 saturated carbocycles.